The highest BCUT2D eigenvalue weighted by atomic mass is 79.9. The Morgan fingerprint density at radius 3 is 2.88 bits per heavy atom. The van der Waals surface area contributed by atoms with Crippen molar-refractivity contribution >= 4 is 15.9 Å². The fourth-order valence-corrected chi connectivity index (χ4v) is 2.16. The lowest BCUT2D eigenvalue weighted by Crippen LogP contribution is -2.23. The average molecular weight is 292 g/mol. The molecule has 88 valence electrons. The van der Waals surface area contributed by atoms with Crippen molar-refractivity contribution in [2.24, 2.45) is 0 Å². The van der Waals surface area contributed by atoms with Gasteiger partial charge in [0.2, 0.25) is 0 Å². The van der Waals surface area contributed by atoms with Crippen LogP contribution in [0.3, 0.4) is 0 Å². The molecule has 2 rings (SSSR count). The quantitative estimate of drug-likeness (QED) is 0.941. The number of halogens is 1. The molecule has 0 radical (unpaired) electrons. The van der Waals surface area contributed by atoms with Crippen molar-refractivity contribution < 1.29 is 0 Å². The highest BCUT2D eigenvalue weighted by Crippen LogP contribution is 2.22. The minimum absolute atomic E-state index is 0.0891. The van der Waals surface area contributed by atoms with Crippen LogP contribution < -0.4 is 5.32 Å². The molecule has 1 aromatic carbocycles. The molecule has 0 saturated heterocycles. The van der Waals surface area contributed by atoms with Crippen LogP contribution in [-0.2, 0) is 0 Å². The molecule has 0 amide bonds. The minimum Gasteiger partial charge on any atom is -0.305 e. The predicted octanol–water partition coefficient (Wildman–Crippen LogP) is 2.94. The van der Waals surface area contributed by atoms with E-state index in [9.17, 15) is 0 Å². The summed E-state index contributed by atoms with van der Waals surface area (Å²) in [6, 6.07) is 8.32. The van der Waals surface area contributed by atoms with E-state index in [0.717, 1.165) is 16.7 Å². The molecule has 0 aliphatic rings. The van der Waals surface area contributed by atoms with Crippen LogP contribution in [0.2, 0.25) is 0 Å². The Bertz CT molecular complexity index is 473. The third kappa shape index (κ3) is 3.11. The first-order valence-electron chi connectivity index (χ1n) is 5.56. The second kappa shape index (κ2) is 5.89. The molecule has 1 aromatic heterocycles. The van der Waals surface area contributed by atoms with Crippen molar-refractivity contribution in [3.05, 3.63) is 58.6 Å². The SMILES string of the molecule is CCNC(c1cccc(Br)c1)c1cnccn1. The van der Waals surface area contributed by atoms with E-state index in [1.54, 1.807) is 18.6 Å². The molecule has 0 spiro atoms. The molecule has 1 heterocycles. The highest BCUT2D eigenvalue weighted by Gasteiger charge is 2.14. The first-order valence-corrected chi connectivity index (χ1v) is 6.35. The fourth-order valence-electron chi connectivity index (χ4n) is 1.74. The fraction of sp³-hybridized carbons (Fsp3) is 0.231. The van der Waals surface area contributed by atoms with Crippen LogP contribution in [0.4, 0.5) is 0 Å². The molecule has 0 fully saturated rings. The van der Waals surface area contributed by atoms with E-state index in [2.05, 4.69) is 50.3 Å². The van der Waals surface area contributed by atoms with Crippen LogP contribution in [0, 0.1) is 0 Å². The predicted molar refractivity (Wildman–Crippen MR) is 71.7 cm³/mol. The second-order valence-electron chi connectivity index (χ2n) is 3.68. The van der Waals surface area contributed by atoms with Crippen LogP contribution in [-0.4, -0.2) is 16.5 Å². The van der Waals surface area contributed by atoms with Crippen LogP contribution in [0.15, 0.2) is 47.3 Å². The van der Waals surface area contributed by atoms with Crippen LogP contribution in [0.25, 0.3) is 0 Å². The van der Waals surface area contributed by atoms with Gasteiger partial charge in [-0.25, -0.2) is 0 Å². The summed E-state index contributed by atoms with van der Waals surface area (Å²) in [6.07, 6.45) is 5.21. The van der Waals surface area contributed by atoms with Gasteiger partial charge in [0.1, 0.15) is 0 Å². The van der Waals surface area contributed by atoms with Gasteiger partial charge >= 0.3 is 0 Å². The topological polar surface area (TPSA) is 37.8 Å². The summed E-state index contributed by atoms with van der Waals surface area (Å²) >= 11 is 3.49. The first kappa shape index (κ1) is 12.2. The highest BCUT2D eigenvalue weighted by molar-refractivity contribution is 9.10. The zero-order valence-electron chi connectivity index (χ0n) is 9.60. The molecule has 1 unspecified atom stereocenters. The number of nitrogens with zero attached hydrogens (tertiary/aromatic N) is 2. The molecular formula is C13H14BrN3. The maximum atomic E-state index is 4.36. The Hall–Kier alpha value is -1.26. The van der Waals surface area contributed by atoms with Crippen molar-refractivity contribution in [2.45, 2.75) is 13.0 Å². The number of nitrogens with one attached hydrogen (secondary N) is 1. The lowest BCUT2D eigenvalue weighted by Gasteiger charge is -2.17. The van der Waals surface area contributed by atoms with E-state index in [-0.39, 0.29) is 6.04 Å². The van der Waals surface area contributed by atoms with Gasteiger partial charge in [-0.1, -0.05) is 35.0 Å². The van der Waals surface area contributed by atoms with Gasteiger partial charge in [-0.3, -0.25) is 9.97 Å². The van der Waals surface area contributed by atoms with E-state index in [4.69, 9.17) is 0 Å². The Kier molecular flexibility index (Phi) is 4.23. The second-order valence-corrected chi connectivity index (χ2v) is 4.59. The molecule has 0 aliphatic heterocycles. The monoisotopic (exact) mass is 291 g/mol. The molecule has 2 aromatic rings. The summed E-state index contributed by atoms with van der Waals surface area (Å²) in [5.74, 6) is 0. The van der Waals surface area contributed by atoms with Gasteiger partial charge < -0.3 is 5.32 Å². The summed E-state index contributed by atoms with van der Waals surface area (Å²) in [6.45, 7) is 2.97. The van der Waals surface area contributed by atoms with Gasteiger partial charge in [-0.2, -0.15) is 0 Å². The zero-order chi connectivity index (χ0) is 12.1. The van der Waals surface area contributed by atoms with Crippen molar-refractivity contribution in [3.63, 3.8) is 0 Å². The summed E-state index contributed by atoms with van der Waals surface area (Å²) in [5, 5.41) is 3.42. The standard InChI is InChI=1S/C13H14BrN3/c1-2-16-13(12-9-15-6-7-17-12)10-4-3-5-11(14)8-10/h3-9,13,16H,2H2,1H3. The number of benzene rings is 1. The summed E-state index contributed by atoms with van der Waals surface area (Å²) < 4.78 is 1.07. The third-order valence-electron chi connectivity index (χ3n) is 2.47. The number of hydrogen-bond acceptors (Lipinski definition) is 3. The van der Waals surface area contributed by atoms with E-state index >= 15 is 0 Å². The molecule has 1 atom stereocenters. The van der Waals surface area contributed by atoms with Gasteiger partial charge in [0.05, 0.1) is 17.9 Å². The molecule has 0 saturated carbocycles. The van der Waals surface area contributed by atoms with E-state index < -0.39 is 0 Å². The number of rotatable bonds is 4. The maximum Gasteiger partial charge on any atom is 0.0801 e. The van der Waals surface area contributed by atoms with E-state index in [1.165, 1.54) is 5.56 Å². The van der Waals surface area contributed by atoms with Gasteiger partial charge in [-0.15, -0.1) is 0 Å². The minimum atomic E-state index is 0.0891. The molecule has 4 heteroatoms. The zero-order valence-corrected chi connectivity index (χ0v) is 11.2. The maximum absolute atomic E-state index is 4.36. The van der Waals surface area contributed by atoms with Gasteiger partial charge in [0.15, 0.2) is 0 Å². The molecule has 17 heavy (non-hydrogen) atoms. The lowest BCUT2D eigenvalue weighted by molar-refractivity contribution is 0.612. The summed E-state index contributed by atoms with van der Waals surface area (Å²) in [7, 11) is 0. The van der Waals surface area contributed by atoms with Gasteiger partial charge in [-0.05, 0) is 24.2 Å². The van der Waals surface area contributed by atoms with Crippen LogP contribution in [0.5, 0.6) is 0 Å². The molecule has 3 nitrogen and oxygen atoms in total. The molecule has 0 aliphatic carbocycles. The van der Waals surface area contributed by atoms with Crippen molar-refractivity contribution in [3.8, 4) is 0 Å². The Balaban J connectivity index is 2.35. The van der Waals surface area contributed by atoms with E-state index in [1.807, 2.05) is 12.1 Å². The summed E-state index contributed by atoms with van der Waals surface area (Å²) in [5.41, 5.74) is 2.12. The van der Waals surface area contributed by atoms with Gasteiger partial charge in [0, 0.05) is 16.9 Å². The van der Waals surface area contributed by atoms with Gasteiger partial charge in [0.25, 0.3) is 0 Å². The van der Waals surface area contributed by atoms with Crippen molar-refractivity contribution in [2.75, 3.05) is 6.54 Å². The first-order chi connectivity index (χ1) is 8.31. The number of aromatic nitrogens is 2. The largest absolute Gasteiger partial charge is 0.305 e. The summed E-state index contributed by atoms with van der Waals surface area (Å²) in [4.78, 5) is 8.48. The molecule has 0 bridgehead atoms. The number of hydrogen-bond donors (Lipinski definition) is 1. The Labute approximate surface area is 109 Å². The van der Waals surface area contributed by atoms with Crippen LogP contribution in [0.1, 0.15) is 24.2 Å². The van der Waals surface area contributed by atoms with Crippen molar-refractivity contribution in [1.29, 1.82) is 0 Å². The van der Waals surface area contributed by atoms with Crippen molar-refractivity contribution in [1.82, 2.24) is 15.3 Å². The van der Waals surface area contributed by atoms with Crippen LogP contribution >= 0.6 is 15.9 Å². The average Bonchev–Trinajstić information content (AvgIpc) is 2.37. The third-order valence-corrected chi connectivity index (χ3v) is 2.96. The Morgan fingerprint density at radius 2 is 2.24 bits per heavy atom. The van der Waals surface area contributed by atoms with E-state index in [0.29, 0.717) is 0 Å². The smallest absolute Gasteiger partial charge is 0.0801 e. The molecular weight excluding hydrogens is 278 g/mol. The lowest BCUT2D eigenvalue weighted by atomic mass is 10.0. The molecule has 1 N–H and O–H groups in total. The Morgan fingerprint density at radius 1 is 1.35 bits per heavy atom. The normalized spacial score (nSPS) is 12.4.